The lowest BCUT2D eigenvalue weighted by Crippen LogP contribution is -2.36. The highest BCUT2D eigenvalue weighted by atomic mass is 16.7. The van der Waals surface area contributed by atoms with E-state index in [4.69, 9.17) is 9.47 Å². The van der Waals surface area contributed by atoms with Gasteiger partial charge >= 0.3 is 0 Å². The predicted molar refractivity (Wildman–Crippen MR) is 64.6 cm³/mol. The Labute approximate surface area is 97.0 Å². The molecule has 0 unspecified atom stereocenters. The molecule has 1 aliphatic rings. The fourth-order valence-electron chi connectivity index (χ4n) is 1.88. The highest BCUT2D eigenvalue weighted by Gasteiger charge is 2.30. The summed E-state index contributed by atoms with van der Waals surface area (Å²) in [7, 11) is 3.37. The van der Waals surface area contributed by atoms with E-state index in [9.17, 15) is 0 Å². The normalized spacial score (nSPS) is 15.4. The van der Waals surface area contributed by atoms with E-state index in [1.165, 1.54) is 18.5 Å². The summed E-state index contributed by atoms with van der Waals surface area (Å²) in [4.78, 5) is 2.37. The van der Waals surface area contributed by atoms with Gasteiger partial charge in [0.2, 0.25) is 0 Å². The van der Waals surface area contributed by atoms with E-state index in [1.54, 1.807) is 14.2 Å². The lowest BCUT2D eigenvalue weighted by atomic mass is 10.3. The zero-order valence-electron chi connectivity index (χ0n) is 9.93. The van der Waals surface area contributed by atoms with Crippen molar-refractivity contribution in [2.24, 2.45) is 0 Å². The van der Waals surface area contributed by atoms with Gasteiger partial charge in [-0.3, -0.25) is 0 Å². The first-order valence-corrected chi connectivity index (χ1v) is 5.72. The number of rotatable bonds is 6. The van der Waals surface area contributed by atoms with Crippen molar-refractivity contribution >= 4 is 5.69 Å². The van der Waals surface area contributed by atoms with E-state index in [0.29, 0.717) is 6.04 Å². The standard InChI is InChI=1S/C13H19NO2/c1-15-13(16-2)10-14(12-8-9-12)11-6-4-3-5-7-11/h3-7,12-13H,8-10H2,1-2H3. The SMILES string of the molecule is COC(CN(c1ccccc1)C1CC1)OC. The second-order valence-corrected chi connectivity index (χ2v) is 4.12. The molecule has 3 heteroatoms. The zero-order chi connectivity index (χ0) is 11.4. The molecule has 0 bridgehead atoms. The van der Waals surface area contributed by atoms with Crippen LogP contribution in [0.1, 0.15) is 12.8 Å². The number of ether oxygens (including phenoxy) is 2. The molecular formula is C13H19NO2. The van der Waals surface area contributed by atoms with Gasteiger partial charge in [0.15, 0.2) is 6.29 Å². The average Bonchev–Trinajstić information content (AvgIpc) is 3.16. The monoisotopic (exact) mass is 221 g/mol. The molecule has 0 amide bonds. The first-order valence-electron chi connectivity index (χ1n) is 5.72. The molecule has 0 radical (unpaired) electrons. The number of para-hydroxylation sites is 1. The van der Waals surface area contributed by atoms with E-state index in [1.807, 2.05) is 6.07 Å². The summed E-state index contributed by atoms with van der Waals surface area (Å²) in [5.41, 5.74) is 1.25. The minimum Gasteiger partial charge on any atom is -0.363 e. The van der Waals surface area contributed by atoms with E-state index < -0.39 is 0 Å². The van der Waals surface area contributed by atoms with Crippen molar-refractivity contribution < 1.29 is 9.47 Å². The maximum atomic E-state index is 5.27. The molecule has 0 spiro atoms. The van der Waals surface area contributed by atoms with E-state index in [2.05, 4.69) is 29.2 Å². The van der Waals surface area contributed by atoms with Crippen molar-refractivity contribution in [2.75, 3.05) is 25.7 Å². The van der Waals surface area contributed by atoms with Crippen LogP contribution < -0.4 is 4.90 Å². The van der Waals surface area contributed by atoms with Crippen molar-refractivity contribution in [1.82, 2.24) is 0 Å². The maximum Gasteiger partial charge on any atom is 0.174 e. The summed E-state index contributed by atoms with van der Waals surface area (Å²) < 4.78 is 10.5. The van der Waals surface area contributed by atoms with Crippen LogP contribution in [0, 0.1) is 0 Å². The smallest absolute Gasteiger partial charge is 0.174 e. The molecule has 88 valence electrons. The molecule has 1 saturated carbocycles. The fourth-order valence-corrected chi connectivity index (χ4v) is 1.88. The lowest BCUT2D eigenvalue weighted by molar-refractivity contribution is -0.0951. The molecule has 1 aliphatic carbocycles. The second kappa shape index (κ2) is 5.32. The fraction of sp³-hybridized carbons (Fsp3) is 0.538. The number of nitrogens with zero attached hydrogens (tertiary/aromatic N) is 1. The van der Waals surface area contributed by atoms with Crippen molar-refractivity contribution in [3.8, 4) is 0 Å². The summed E-state index contributed by atoms with van der Waals surface area (Å²) in [6.07, 6.45) is 2.39. The molecule has 16 heavy (non-hydrogen) atoms. The molecule has 0 aromatic heterocycles. The number of hydrogen-bond acceptors (Lipinski definition) is 3. The van der Waals surface area contributed by atoms with Gasteiger partial charge in [-0.25, -0.2) is 0 Å². The number of hydrogen-bond donors (Lipinski definition) is 0. The Balaban J connectivity index is 2.05. The van der Waals surface area contributed by atoms with Gasteiger partial charge in [0.05, 0.1) is 6.54 Å². The summed E-state index contributed by atoms with van der Waals surface area (Å²) in [5.74, 6) is 0. The topological polar surface area (TPSA) is 21.7 Å². The van der Waals surface area contributed by atoms with Gasteiger partial charge in [0.1, 0.15) is 0 Å². The molecule has 0 aliphatic heterocycles. The van der Waals surface area contributed by atoms with Gasteiger partial charge in [0.25, 0.3) is 0 Å². The van der Waals surface area contributed by atoms with Crippen molar-refractivity contribution in [3.05, 3.63) is 30.3 Å². The lowest BCUT2D eigenvalue weighted by Gasteiger charge is -2.28. The Kier molecular flexibility index (Phi) is 3.80. The summed E-state index contributed by atoms with van der Waals surface area (Å²) in [5, 5.41) is 0. The van der Waals surface area contributed by atoms with Crippen molar-refractivity contribution in [1.29, 1.82) is 0 Å². The third-order valence-electron chi connectivity index (χ3n) is 2.95. The Morgan fingerprint density at radius 2 is 1.81 bits per heavy atom. The molecule has 1 fully saturated rings. The first-order chi connectivity index (χ1) is 7.85. The molecule has 0 N–H and O–H groups in total. The third-order valence-corrected chi connectivity index (χ3v) is 2.95. The van der Waals surface area contributed by atoms with Gasteiger partial charge in [-0.05, 0) is 25.0 Å². The summed E-state index contributed by atoms with van der Waals surface area (Å²) in [6.45, 7) is 0.793. The van der Waals surface area contributed by atoms with Crippen LogP contribution in [0.3, 0.4) is 0 Å². The van der Waals surface area contributed by atoms with Crippen molar-refractivity contribution in [2.45, 2.75) is 25.2 Å². The summed E-state index contributed by atoms with van der Waals surface area (Å²) in [6, 6.07) is 11.1. The largest absolute Gasteiger partial charge is 0.363 e. The van der Waals surface area contributed by atoms with Gasteiger partial charge in [-0.2, -0.15) is 0 Å². The highest BCUT2D eigenvalue weighted by Crippen LogP contribution is 2.31. The van der Waals surface area contributed by atoms with Gasteiger partial charge < -0.3 is 14.4 Å². The maximum absolute atomic E-state index is 5.27. The quantitative estimate of drug-likeness (QED) is 0.688. The number of anilines is 1. The predicted octanol–water partition coefficient (Wildman–Crippen LogP) is 2.27. The average molecular weight is 221 g/mol. The van der Waals surface area contributed by atoms with Gasteiger partial charge in [-0.1, -0.05) is 18.2 Å². The molecule has 3 nitrogen and oxygen atoms in total. The van der Waals surface area contributed by atoms with E-state index >= 15 is 0 Å². The van der Waals surface area contributed by atoms with Crippen LogP contribution in [0.25, 0.3) is 0 Å². The first kappa shape index (κ1) is 11.4. The van der Waals surface area contributed by atoms with E-state index in [0.717, 1.165) is 6.54 Å². The minimum absolute atomic E-state index is 0.152. The Hall–Kier alpha value is -1.06. The number of methoxy groups -OCH3 is 2. The van der Waals surface area contributed by atoms with Crippen LogP contribution >= 0.6 is 0 Å². The van der Waals surface area contributed by atoms with Crippen molar-refractivity contribution in [3.63, 3.8) is 0 Å². The van der Waals surface area contributed by atoms with Gasteiger partial charge in [-0.15, -0.1) is 0 Å². The Bertz CT molecular complexity index is 307. The molecular weight excluding hydrogens is 202 g/mol. The second-order valence-electron chi connectivity index (χ2n) is 4.12. The zero-order valence-corrected chi connectivity index (χ0v) is 9.93. The summed E-state index contributed by atoms with van der Waals surface area (Å²) >= 11 is 0. The minimum atomic E-state index is -0.152. The van der Waals surface area contributed by atoms with Crippen LogP contribution in [0.4, 0.5) is 5.69 Å². The molecule has 0 saturated heterocycles. The highest BCUT2D eigenvalue weighted by molar-refractivity contribution is 5.48. The van der Waals surface area contributed by atoms with Gasteiger partial charge in [0, 0.05) is 25.9 Å². The van der Waals surface area contributed by atoms with Crippen LogP contribution in [-0.4, -0.2) is 33.1 Å². The Morgan fingerprint density at radius 1 is 1.19 bits per heavy atom. The van der Waals surface area contributed by atoms with Crippen LogP contribution in [-0.2, 0) is 9.47 Å². The molecule has 1 aromatic rings. The van der Waals surface area contributed by atoms with Crippen LogP contribution in [0.5, 0.6) is 0 Å². The number of benzene rings is 1. The molecule has 0 heterocycles. The van der Waals surface area contributed by atoms with Crippen LogP contribution in [0.15, 0.2) is 30.3 Å². The Morgan fingerprint density at radius 3 is 2.31 bits per heavy atom. The molecule has 0 atom stereocenters. The van der Waals surface area contributed by atoms with E-state index in [-0.39, 0.29) is 6.29 Å². The molecule has 1 aromatic carbocycles. The third kappa shape index (κ3) is 2.74. The molecule has 2 rings (SSSR count). The van der Waals surface area contributed by atoms with Crippen LogP contribution in [0.2, 0.25) is 0 Å².